The SMILES string of the molecule is CC(O)(Cc1cccc2[nH]ccc12)C(=O)O. The molecule has 0 spiro atoms. The van der Waals surface area contributed by atoms with Crippen molar-refractivity contribution in [2.24, 2.45) is 0 Å². The quantitative estimate of drug-likeness (QED) is 0.733. The van der Waals surface area contributed by atoms with E-state index in [1.54, 1.807) is 6.20 Å². The smallest absolute Gasteiger partial charge is 0.335 e. The Bertz CT molecular complexity index is 528. The van der Waals surface area contributed by atoms with Gasteiger partial charge in [0.05, 0.1) is 0 Å². The summed E-state index contributed by atoms with van der Waals surface area (Å²) >= 11 is 0. The Balaban J connectivity index is 2.41. The fourth-order valence-electron chi connectivity index (χ4n) is 1.75. The molecular formula is C12H13NO3. The van der Waals surface area contributed by atoms with Crippen LogP contribution in [0.4, 0.5) is 0 Å². The van der Waals surface area contributed by atoms with E-state index >= 15 is 0 Å². The molecule has 4 nitrogen and oxygen atoms in total. The maximum absolute atomic E-state index is 10.8. The number of aliphatic carboxylic acids is 1. The summed E-state index contributed by atoms with van der Waals surface area (Å²) in [5, 5.41) is 19.5. The molecule has 0 aliphatic rings. The molecule has 0 saturated heterocycles. The van der Waals surface area contributed by atoms with Gasteiger partial charge in [-0.25, -0.2) is 4.79 Å². The number of hydrogen-bond acceptors (Lipinski definition) is 2. The van der Waals surface area contributed by atoms with Gasteiger partial charge in [0.25, 0.3) is 0 Å². The minimum Gasteiger partial charge on any atom is -0.479 e. The molecule has 3 N–H and O–H groups in total. The number of fused-ring (bicyclic) bond motifs is 1. The number of aliphatic hydroxyl groups is 1. The van der Waals surface area contributed by atoms with Gasteiger partial charge in [-0.15, -0.1) is 0 Å². The molecule has 16 heavy (non-hydrogen) atoms. The second-order valence-corrected chi connectivity index (χ2v) is 4.11. The van der Waals surface area contributed by atoms with Crippen molar-refractivity contribution in [3.63, 3.8) is 0 Å². The summed E-state index contributed by atoms with van der Waals surface area (Å²) < 4.78 is 0. The van der Waals surface area contributed by atoms with Crippen molar-refractivity contribution >= 4 is 16.9 Å². The van der Waals surface area contributed by atoms with E-state index in [9.17, 15) is 9.90 Å². The number of carboxylic acid groups (broad SMARTS) is 1. The monoisotopic (exact) mass is 219 g/mol. The summed E-state index contributed by atoms with van der Waals surface area (Å²) in [6.07, 6.45) is 1.89. The number of rotatable bonds is 3. The fourth-order valence-corrected chi connectivity index (χ4v) is 1.75. The average molecular weight is 219 g/mol. The molecule has 0 amide bonds. The number of carbonyl (C=O) groups is 1. The zero-order valence-electron chi connectivity index (χ0n) is 8.90. The first-order chi connectivity index (χ1) is 7.50. The van der Waals surface area contributed by atoms with Gasteiger partial charge in [0.1, 0.15) is 0 Å². The number of benzene rings is 1. The molecule has 1 heterocycles. The maximum Gasteiger partial charge on any atom is 0.335 e. The molecule has 0 bridgehead atoms. The number of carboxylic acids is 1. The first-order valence-corrected chi connectivity index (χ1v) is 5.01. The first kappa shape index (κ1) is 10.7. The molecule has 2 aromatic rings. The second-order valence-electron chi connectivity index (χ2n) is 4.11. The van der Waals surface area contributed by atoms with Crippen LogP contribution < -0.4 is 0 Å². The van der Waals surface area contributed by atoms with Crippen molar-refractivity contribution < 1.29 is 15.0 Å². The largest absolute Gasteiger partial charge is 0.479 e. The molecule has 1 atom stereocenters. The summed E-state index contributed by atoms with van der Waals surface area (Å²) in [5.74, 6) is -1.21. The van der Waals surface area contributed by atoms with Crippen LogP contribution in [0, 0.1) is 0 Å². The third-order valence-corrected chi connectivity index (χ3v) is 2.68. The standard InChI is InChI=1S/C12H13NO3/c1-12(16,11(14)15)7-8-3-2-4-10-9(8)5-6-13-10/h2-6,13,16H,7H2,1H3,(H,14,15). The molecule has 1 aromatic heterocycles. The van der Waals surface area contributed by atoms with Crippen LogP contribution in [-0.2, 0) is 11.2 Å². The molecule has 84 valence electrons. The highest BCUT2D eigenvalue weighted by Gasteiger charge is 2.30. The van der Waals surface area contributed by atoms with Gasteiger partial charge in [-0.05, 0) is 24.6 Å². The van der Waals surface area contributed by atoms with E-state index in [0.29, 0.717) is 0 Å². The van der Waals surface area contributed by atoms with Crippen LogP contribution >= 0.6 is 0 Å². The Kier molecular flexibility index (Phi) is 2.44. The van der Waals surface area contributed by atoms with Crippen LogP contribution in [0.5, 0.6) is 0 Å². The highest BCUT2D eigenvalue weighted by atomic mass is 16.4. The summed E-state index contributed by atoms with van der Waals surface area (Å²) in [5.41, 5.74) is 0.0378. The highest BCUT2D eigenvalue weighted by Crippen LogP contribution is 2.22. The molecule has 0 radical (unpaired) electrons. The van der Waals surface area contributed by atoms with Crippen molar-refractivity contribution in [3.8, 4) is 0 Å². The molecule has 1 aromatic carbocycles. The van der Waals surface area contributed by atoms with Crippen LogP contribution in [0.15, 0.2) is 30.5 Å². The third kappa shape index (κ3) is 1.79. The number of hydrogen-bond donors (Lipinski definition) is 3. The van der Waals surface area contributed by atoms with Gasteiger partial charge in [-0.3, -0.25) is 0 Å². The van der Waals surface area contributed by atoms with Crippen LogP contribution in [0.1, 0.15) is 12.5 Å². The summed E-state index contributed by atoms with van der Waals surface area (Å²) in [6.45, 7) is 1.31. The zero-order chi connectivity index (χ0) is 11.8. The molecule has 0 fully saturated rings. The normalized spacial score (nSPS) is 14.9. The predicted octanol–water partition coefficient (Wildman–Crippen LogP) is 1.55. The Morgan fingerprint density at radius 1 is 1.44 bits per heavy atom. The van der Waals surface area contributed by atoms with Gasteiger partial charge in [0.15, 0.2) is 5.60 Å². The summed E-state index contributed by atoms with van der Waals surface area (Å²) in [6, 6.07) is 7.45. The third-order valence-electron chi connectivity index (χ3n) is 2.68. The maximum atomic E-state index is 10.8. The predicted molar refractivity (Wildman–Crippen MR) is 60.3 cm³/mol. The van der Waals surface area contributed by atoms with E-state index in [0.717, 1.165) is 16.5 Å². The van der Waals surface area contributed by atoms with Crippen molar-refractivity contribution in [3.05, 3.63) is 36.0 Å². The van der Waals surface area contributed by atoms with Gasteiger partial charge >= 0.3 is 5.97 Å². The average Bonchev–Trinajstić information content (AvgIpc) is 2.65. The van der Waals surface area contributed by atoms with E-state index in [1.165, 1.54) is 6.92 Å². The van der Waals surface area contributed by atoms with E-state index < -0.39 is 11.6 Å². The molecule has 1 unspecified atom stereocenters. The number of aromatic nitrogens is 1. The van der Waals surface area contributed by atoms with E-state index in [-0.39, 0.29) is 6.42 Å². The van der Waals surface area contributed by atoms with Crippen LogP contribution in [-0.4, -0.2) is 26.8 Å². The van der Waals surface area contributed by atoms with Crippen LogP contribution in [0.2, 0.25) is 0 Å². The van der Waals surface area contributed by atoms with E-state index in [2.05, 4.69) is 4.98 Å². The van der Waals surface area contributed by atoms with E-state index in [1.807, 2.05) is 24.3 Å². The lowest BCUT2D eigenvalue weighted by Crippen LogP contribution is -2.37. The second kappa shape index (κ2) is 3.64. The Labute approximate surface area is 92.5 Å². The Hall–Kier alpha value is -1.81. The van der Waals surface area contributed by atoms with Crippen molar-refractivity contribution in [1.29, 1.82) is 0 Å². The molecule has 2 rings (SSSR count). The molecule has 0 aliphatic carbocycles. The Morgan fingerprint density at radius 2 is 2.19 bits per heavy atom. The molecule has 0 saturated carbocycles. The van der Waals surface area contributed by atoms with Crippen molar-refractivity contribution in [1.82, 2.24) is 4.98 Å². The minimum absolute atomic E-state index is 0.0948. The van der Waals surface area contributed by atoms with Crippen LogP contribution in [0.25, 0.3) is 10.9 Å². The van der Waals surface area contributed by atoms with Crippen molar-refractivity contribution in [2.45, 2.75) is 18.9 Å². The van der Waals surface area contributed by atoms with Gasteiger partial charge in [-0.2, -0.15) is 0 Å². The zero-order valence-corrected chi connectivity index (χ0v) is 8.90. The van der Waals surface area contributed by atoms with Gasteiger partial charge in [0, 0.05) is 23.5 Å². The van der Waals surface area contributed by atoms with Gasteiger partial charge in [0.2, 0.25) is 0 Å². The summed E-state index contributed by atoms with van der Waals surface area (Å²) in [4.78, 5) is 13.9. The Morgan fingerprint density at radius 3 is 2.88 bits per heavy atom. The number of aromatic amines is 1. The molecule has 0 aliphatic heterocycles. The van der Waals surface area contributed by atoms with Gasteiger partial charge in [-0.1, -0.05) is 12.1 Å². The lowest BCUT2D eigenvalue weighted by Gasteiger charge is -2.18. The first-order valence-electron chi connectivity index (χ1n) is 5.01. The highest BCUT2D eigenvalue weighted by molar-refractivity contribution is 5.84. The van der Waals surface area contributed by atoms with E-state index in [4.69, 9.17) is 5.11 Å². The topological polar surface area (TPSA) is 73.3 Å². The number of nitrogens with one attached hydrogen (secondary N) is 1. The van der Waals surface area contributed by atoms with Gasteiger partial charge < -0.3 is 15.2 Å². The van der Waals surface area contributed by atoms with Crippen LogP contribution in [0.3, 0.4) is 0 Å². The molecule has 4 heteroatoms. The lowest BCUT2D eigenvalue weighted by molar-refractivity contribution is -0.156. The van der Waals surface area contributed by atoms with Crippen molar-refractivity contribution in [2.75, 3.05) is 0 Å². The minimum atomic E-state index is -1.73. The lowest BCUT2D eigenvalue weighted by atomic mass is 9.95. The molecular weight excluding hydrogens is 206 g/mol. The summed E-state index contributed by atoms with van der Waals surface area (Å²) in [7, 11) is 0. The number of H-pyrrole nitrogens is 1. The fraction of sp³-hybridized carbons (Fsp3) is 0.250.